The second kappa shape index (κ2) is 2.34. The first-order valence-corrected chi connectivity index (χ1v) is 4.30. The second-order valence-electron chi connectivity index (χ2n) is 3.98. The molecule has 0 saturated heterocycles. The van der Waals surface area contributed by atoms with Gasteiger partial charge in [0, 0.05) is 22.2 Å². The van der Waals surface area contributed by atoms with Crippen molar-refractivity contribution in [3.63, 3.8) is 0 Å². The van der Waals surface area contributed by atoms with Crippen molar-refractivity contribution in [1.29, 1.82) is 0 Å². The Balaban J connectivity index is 2.76. The van der Waals surface area contributed by atoms with Gasteiger partial charge in [-0.05, 0) is 12.1 Å². The Morgan fingerprint density at radius 2 is 2.00 bits per heavy atom. The number of allylic oxidation sites excluding steroid dienone is 1. The lowest BCUT2D eigenvalue weighted by molar-refractivity contribution is 0.565. The summed E-state index contributed by atoms with van der Waals surface area (Å²) in [6.45, 7) is 3.97. The van der Waals surface area contributed by atoms with E-state index in [9.17, 15) is 4.39 Å². The van der Waals surface area contributed by atoms with Crippen molar-refractivity contribution in [2.24, 2.45) is 0 Å². The summed E-state index contributed by atoms with van der Waals surface area (Å²) in [5.74, 6) is -0.167. The lowest BCUT2D eigenvalue weighted by atomic mass is 9.86. The van der Waals surface area contributed by atoms with Gasteiger partial charge in [0.1, 0.15) is 5.82 Å². The maximum atomic E-state index is 13.5. The van der Waals surface area contributed by atoms with E-state index in [0.717, 1.165) is 5.56 Å². The van der Waals surface area contributed by atoms with Crippen molar-refractivity contribution in [1.82, 2.24) is 0 Å². The van der Waals surface area contributed by atoms with Crippen molar-refractivity contribution in [3.05, 3.63) is 35.2 Å². The summed E-state index contributed by atoms with van der Waals surface area (Å²) in [6.07, 6.45) is 3.88. The first-order chi connectivity index (χ1) is 6.02. The topological polar surface area (TPSA) is 26.0 Å². The van der Waals surface area contributed by atoms with E-state index in [2.05, 4.69) is 0 Å². The molecule has 0 atom stereocenters. The molecule has 0 aromatic heterocycles. The van der Waals surface area contributed by atoms with Crippen molar-refractivity contribution in [2.45, 2.75) is 19.3 Å². The van der Waals surface area contributed by atoms with Crippen LogP contribution in [0.15, 0.2) is 18.2 Å². The van der Waals surface area contributed by atoms with E-state index in [0.29, 0.717) is 11.3 Å². The predicted octanol–water partition coefficient (Wildman–Crippen LogP) is 2.71. The van der Waals surface area contributed by atoms with Gasteiger partial charge in [-0.15, -0.1) is 0 Å². The van der Waals surface area contributed by atoms with Crippen LogP contribution >= 0.6 is 0 Å². The van der Waals surface area contributed by atoms with Gasteiger partial charge in [-0.25, -0.2) is 4.39 Å². The van der Waals surface area contributed by atoms with Crippen LogP contribution in [0.3, 0.4) is 0 Å². The lowest BCUT2D eigenvalue weighted by Crippen LogP contribution is -2.13. The smallest absolute Gasteiger partial charge is 0.128 e. The fourth-order valence-electron chi connectivity index (χ4n) is 1.82. The minimum Gasteiger partial charge on any atom is -0.398 e. The highest BCUT2D eigenvalue weighted by molar-refractivity contribution is 5.74. The van der Waals surface area contributed by atoms with E-state index in [1.807, 2.05) is 26.0 Å². The van der Waals surface area contributed by atoms with Crippen LogP contribution in [0.2, 0.25) is 0 Å². The minimum atomic E-state index is -0.227. The Bertz CT molecular complexity index is 391. The van der Waals surface area contributed by atoms with Gasteiger partial charge < -0.3 is 5.73 Å². The molecule has 13 heavy (non-hydrogen) atoms. The Hall–Kier alpha value is -1.31. The Labute approximate surface area is 77.1 Å². The first-order valence-electron chi connectivity index (χ1n) is 4.30. The molecular weight excluding hydrogens is 165 g/mol. The van der Waals surface area contributed by atoms with Crippen molar-refractivity contribution in [3.8, 4) is 0 Å². The van der Waals surface area contributed by atoms with Gasteiger partial charge in [0.05, 0.1) is 0 Å². The van der Waals surface area contributed by atoms with Crippen LogP contribution in [0, 0.1) is 5.82 Å². The highest BCUT2D eigenvalue weighted by atomic mass is 19.1. The van der Waals surface area contributed by atoms with E-state index in [4.69, 9.17) is 5.73 Å². The fourth-order valence-corrected chi connectivity index (χ4v) is 1.82. The van der Waals surface area contributed by atoms with Gasteiger partial charge in [-0.1, -0.05) is 26.0 Å². The summed E-state index contributed by atoms with van der Waals surface area (Å²) in [6, 6.07) is 3.04. The van der Waals surface area contributed by atoms with E-state index < -0.39 is 0 Å². The second-order valence-corrected chi connectivity index (χ2v) is 3.98. The van der Waals surface area contributed by atoms with Gasteiger partial charge in [-0.2, -0.15) is 0 Å². The molecule has 1 nitrogen and oxygen atoms in total. The summed E-state index contributed by atoms with van der Waals surface area (Å²) >= 11 is 0. The first kappa shape index (κ1) is 8.30. The van der Waals surface area contributed by atoms with Crippen LogP contribution in [0.25, 0.3) is 6.08 Å². The third-order valence-corrected chi connectivity index (χ3v) is 2.54. The molecule has 0 fully saturated rings. The standard InChI is InChI=1S/C11H12FN/c1-11(2)6-5-7-9(13)4-3-8(12)10(7)11/h3-6H,13H2,1-2H3. The Morgan fingerprint density at radius 3 is 2.62 bits per heavy atom. The van der Waals surface area contributed by atoms with E-state index in [1.54, 1.807) is 6.07 Å². The quantitative estimate of drug-likeness (QED) is 0.606. The van der Waals surface area contributed by atoms with E-state index >= 15 is 0 Å². The van der Waals surface area contributed by atoms with E-state index in [1.165, 1.54) is 6.07 Å². The zero-order chi connectivity index (χ0) is 9.64. The van der Waals surface area contributed by atoms with Gasteiger partial charge >= 0.3 is 0 Å². The number of nitrogens with two attached hydrogens (primary N) is 1. The molecule has 0 amide bonds. The SMILES string of the molecule is CC1(C)C=Cc2c(N)ccc(F)c21. The number of anilines is 1. The summed E-state index contributed by atoms with van der Waals surface area (Å²) in [4.78, 5) is 0. The fraction of sp³-hybridized carbons (Fsp3) is 0.273. The third-order valence-electron chi connectivity index (χ3n) is 2.54. The molecule has 1 aromatic carbocycles. The molecule has 0 spiro atoms. The predicted molar refractivity (Wildman–Crippen MR) is 52.9 cm³/mol. The average molecular weight is 177 g/mol. The van der Waals surface area contributed by atoms with Crippen molar-refractivity contribution < 1.29 is 4.39 Å². The highest BCUT2D eigenvalue weighted by Gasteiger charge is 2.29. The molecule has 1 aliphatic rings. The maximum absolute atomic E-state index is 13.5. The lowest BCUT2D eigenvalue weighted by Gasteiger charge is -2.18. The number of nitrogen functional groups attached to an aromatic ring is 1. The van der Waals surface area contributed by atoms with Gasteiger partial charge in [-0.3, -0.25) is 0 Å². The zero-order valence-corrected chi connectivity index (χ0v) is 7.76. The van der Waals surface area contributed by atoms with Crippen LogP contribution in [0.4, 0.5) is 10.1 Å². The van der Waals surface area contributed by atoms with Crippen LogP contribution in [0.5, 0.6) is 0 Å². The molecule has 68 valence electrons. The van der Waals surface area contributed by atoms with Crippen LogP contribution in [-0.4, -0.2) is 0 Å². The highest BCUT2D eigenvalue weighted by Crippen LogP contribution is 2.39. The van der Waals surface area contributed by atoms with Crippen molar-refractivity contribution >= 4 is 11.8 Å². The van der Waals surface area contributed by atoms with Crippen molar-refractivity contribution in [2.75, 3.05) is 5.73 Å². The zero-order valence-electron chi connectivity index (χ0n) is 7.76. The Morgan fingerprint density at radius 1 is 1.31 bits per heavy atom. The molecule has 0 aliphatic heterocycles. The van der Waals surface area contributed by atoms with Gasteiger partial charge in [0.25, 0.3) is 0 Å². The molecule has 2 N–H and O–H groups in total. The largest absolute Gasteiger partial charge is 0.398 e. The molecule has 0 heterocycles. The number of hydrogen-bond acceptors (Lipinski definition) is 1. The summed E-state index contributed by atoms with van der Waals surface area (Å²) in [7, 11) is 0. The normalized spacial score (nSPS) is 17.5. The molecule has 2 heteroatoms. The van der Waals surface area contributed by atoms with Gasteiger partial charge in [0.2, 0.25) is 0 Å². The molecule has 2 rings (SSSR count). The summed E-state index contributed by atoms with van der Waals surface area (Å²) < 4.78 is 13.5. The average Bonchev–Trinajstić information content (AvgIpc) is 2.36. The van der Waals surface area contributed by atoms with Crippen LogP contribution < -0.4 is 5.73 Å². The number of halogens is 1. The minimum absolute atomic E-state index is 0.167. The number of benzene rings is 1. The third kappa shape index (κ3) is 1.05. The van der Waals surface area contributed by atoms with Gasteiger partial charge in [0.15, 0.2) is 0 Å². The van der Waals surface area contributed by atoms with E-state index in [-0.39, 0.29) is 11.2 Å². The summed E-state index contributed by atoms with van der Waals surface area (Å²) in [5.41, 5.74) is 7.72. The molecular formula is C11H12FN. The monoisotopic (exact) mass is 177 g/mol. The molecule has 0 bridgehead atoms. The van der Waals surface area contributed by atoms with Crippen LogP contribution in [-0.2, 0) is 5.41 Å². The molecule has 0 radical (unpaired) electrons. The molecule has 1 aromatic rings. The molecule has 1 aliphatic carbocycles. The number of rotatable bonds is 0. The Kier molecular flexibility index (Phi) is 1.50. The molecule has 0 saturated carbocycles. The number of fused-ring (bicyclic) bond motifs is 1. The summed E-state index contributed by atoms with van der Waals surface area (Å²) in [5, 5.41) is 0. The number of hydrogen-bond donors (Lipinski definition) is 1. The molecule has 0 unspecified atom stereocenters. The van der Waals surface area contributed by atoms with Crippen LogP contribution in [0.1, 0.15) is 25.0 Å². The maximum Gasteiger partial charge on any atom is 0.128 e.